The minimum Gasteiger partial charge on any atom is -0.208 e. The molecule has 2 aliphatic rings. The molecule has 1 unspecified atom stereocenters. The Bertz CT molecular complexity index is 2070. The van der Waals surface area contributed by atoms with Crippen LogP contribution in [-0.2, 0) is 5.41 Å². The van der Waals surface area contributed by atoms with Crippen LogP contribution in [-0.4, -0.2) is 15.0 Å². The van der Waals surface area contributed by atoms with Crippen LogP contribution in [0.2, 0.25) is 0 Å². The molecule has 4 atom stereocenters. The molecular weight excluding hydrogens is 597 g/mol. The Kier molecular flexibility index (Phi) is 8.14. The Labute approximate surface area is 289 Å². The fraction of sp³-hybridized carbons (Fsp3) is 0.244. The Morgan fingerprint density at radius 3 is 1.67 bits per heavy atom. The van der Waals surface area contributed by atoms with Crippen LogP contribution in [0.5, 0.6) is 0 Å². The highest BCUT2D eigenvalue weighted by atomic mass is 15.0. The monoisotopic (exact) mass is 636 g/mol. The molecular formula is C45H40N4. The molecule has 0 aliphatic heterocycles. The third-order valence-corrected chi connectivity index (χ3v) is 10.7. The van der Waals surface area contributed by atoms with Crippen molar-refractivity contribution in [3.05, 3.63) is 139 Å². The molecule has 0 amide bonds. The van der Waals surface area contributed by atoms with Crippen LogP contribution in [0.3, 0.4) is 0 Å². The Morgan fingerprint density at radius 2 is 1.08 bits per heavy atom. The van der Waals surface area contributed by atoms with Crippen molar-refractivity contribution in [2.45, 2.75) is 51.4 Å². The molecule has 2 saturated carbocycles. The predicted molar refractivity (Wildman–Crippen MR) is 198 cm³/mol. The van der Waals surface area contributed by atoms with Gasteiger partial charge in [0.05, 0.1) is 11.6 Å². The number of rotatable bonds is 6. The second-order valence-corrected chi connectivity index (χ2v) is 14.5. The Morgan fingerprint density at radius 1 is 0.531 bits per heavy atom. The second kappa shape index (κ2) is 12.9. The summed E-state index contributed by atoms with van der Waals surface area (Å²) >= 11 is 0. The Balaban J connectivity index is 1.37. The molecule has 1 heterocycles. The molecule has 240 valence electrons. The molecule has 2 bridgehead atoms. The third kappa shape index (κ3) is 6.07. The average molecular weight is 637 g/mol. The van der Waals surface area contributed by atoms with Crippen molar-refractivity contribution in [3.8, 4) is 62.5 Å². The van der Waals surface area contributed by atoms with E-state index in [1.165, 1.54) is 37.7 Å². The topological polar surface area (TPSA) is 62.5 Å². The zero-order chi connectivity index (χ0) is 33.4. The highest BCUT2D eigenvalue weighted by molar-refractivity contribution is 5.91. The fourth-order valence-electron chi connectivity index (χ4n) is 8.97. The molecule has 4 nitrogen and oxygen atoms in total. The maximum Gasteiger partial charge on any atom is 0.164 e. The largest absolute Gasteiger partial charge is 0.208 e. The SMILES string of the molecule is C[C@@H]1C[C@@H]2C[C@H](C)CC(c3ccc(-c4nc(-c5ccccc5)nc(-c5ccccc5)n4)c(-c4ccccc4-c4ccc(C#N)cc4)c3)(C1)C2. The van der Waals surface area contributed by atoms with E-state index in [0.29, 0.717) is 34.9 Å². The van der Waals surface area contributed by atoms with Crippen LogP contribution in [0, 0.1) is 29.1 Å². The van der Waals surface area contributed by atoms with Crippen LogP contribution >= 0.6 is 0 Å². The lowest BCUT2D eigenvalue weighted by Gasteiger charge is -2.50. The van der Waals surface area contributed by atoms with Crippen LogP contribution in [0.25, 0.3) is 56.4 Å². The molecule has 8 rings (SSSR count). The number of benzene rings is 5. The first kappa shape index (κ1) is 30.9. The third-order valence-electron chi connectivity index (χ3n) is 10.7. The van der Waals surface area contributed by atoms with E-state index in [0.717, 1.165) is 44.9 Å². The smallest absolute Gasteiger partial charge is 0.164 e. The van der Waals surface area contributed by atoms with Gasteiger partial charge in [0.2, 0.25) is 0 Å². The number of nitrogens with zero attached hydrogens (tertiary/aromatic N) is 4. The number of hydrogen-bond donors (Lipinski definition) is 0. The van der Waals surface area contributed by atoms with E-state index in [4.69, 9.17) is 15.0 Å². The number of aromatic nitrogens is 3. The summed E-state index contributed by atoms with van der Waals surface area (Å²) < 4.78 is 0. The minimum absolute atomic E-state index is 0.167. The van der Waals surface area contributed by atoms with Crippen LogP contribution < -0.4 is 0 Å². The standard InChI is InChI=1S/C45H40N4/c1-30-23-33-24-31(2)27-45(26-30,28-33)37-21-22-40(41(25-37)39-16-10-9-15-38(39)34-19-17-32(29-46)18-20-34)44-48-42(35-11-5-3-6-12-35)47-43(49-44)36-13-7-4-8-14-36/h3-22,25,30-31,33H,23-24,26-28H2,1-2H3/t30-,31+,33-,45?. The van der Waals surface area contributed by atoms with Gasteiger partial charge in [-0.05, 0) is 101 Å². The van der Waals surface area contributed by atoms with E-state index < -0.39 is 0 Å². The first-order valence-electron chi connectivity index (χ1n) is 17.6. The molecule has 0 saturated heterocycles. The van der Waals surface area contributed by atoms with Gasteiger partial charge in [-0.15, -0.1) is 0 Å². The lowest BCUT2D eigenvalue weighted by Crippen LogP contribution is -2.42. The predicted octanol–water partition coefficient (Wildman–Crippen LogP) is 11.2. The lowest BCUT2D eigenvalue weighted by atomic mass is 9.54. The van der Waals surface area contributed by atoms with Gasteiger partial charge in [-0.25, -0.2) is 15.0 Å². The van der Waals surface area contributed by atoms with Crippen molar-refractivity contribution >= 4 is 0 Å². The first-order chi connectivity index (χ1) is 24.0. The van der Waals surface area contributed by atoms with Crippen LogP contribution in [0.15, 0.2) is 127 Å². The minimum atomic E-state index is 0.167. The van der Waals surface area contributed by atoms with Gasteiger partial charge in [0, 0.05) is 16.7 Å². The number of hydrogen-bond acceptors (Lipinski definition) is 4. The van der Waals surface area contributed by atoms with Gasteiger partial charge < -0.3 is 0 Å². The normalized spacial score (nSPS) is 21.5. The van der Waals surface area contributed by atoms with Gasteiger partial charge in [-0.3, -0.25) is 0 Å². The zero-order valence-corrected chi connectivity index (χ0v) is 28.2. The van der Waals surface area contributed by atoms with E-state index >= 15 is 0 Å². The molecule has 49 heavy (non-hydrogen) atoms. The Hall–Kier alpha value is -5.40. The quantitative estimate of drug-likeness (QED) is 0.182. The molecule has 0 N–H and O–H groups in total. The molecule has 2 fully saturated rings. The summed E-state index contributed by atoms with van der Waals surface area (Å²) in [6.07, 6.45) is 6.40. The summed E-state index contributed by atoms with van der Waals surface area (Å²) in [5.74, 6) is 4.18. The highest BCUT2D eigenvalue weighted by Gasteiger charge is 2.45. The van der Waals surface area contributed by atoms with E-state index in [1.807, 2.05) is 48.5 Å². The molecule has 0 radical (unpaired) electrons. The summed E-state index contributed by atoms with van der Waals surface area (Å²) in [5.41, 5.74) is 9.61. The van der Waals surface area contributed by atoms with Crippen molar-refractivity contribution in [2.24, 2.45) is 17.8 Å². The summed E-state index contributed by atoms with van der Waals surface area (Å²) in [6, 6.07) is 46.3. The van der Waals surface area contributed by atoms with Gasteiger partial charge in [-0.1, -0.05) is 123 Å². The molecule has 6 aromatic rings. The summed E-state index contributed by atoms with van der Waals surface area (Å²) in [6.45, 7) is 4.90. The number of fused-ring (bicyclic) bond motifs is 2. The van der Waals surface area contributed by atoms with E-state index in [1.54, 1.807) is 0 Å². The molecule has 1 aromatic heterocycles. The molecule has 5 aromatic carbocycles. The van der Waals surface area contributed by atoms with Crippen molar-refractivity contribution in [1.82, 2.24) is 15.0 Å². The summed E-state index contributed by atoms with van der Waals surface area (Å²) in [4.78, 5) is 15.3. The number of nitriles is 1. The molecule has 0 spiro atoms. The van der Waals surface area contributed by atoms with Gasteiger partial charge in [0.1, 0.15) is 0 Å². The maximum absolute atomic E-state index is 9.50. The lowest BCUT2D eigenvalue weighted by molar-refractivity contribution is 0.0781. The second-order valence-electron chi connectivity index (χ2n) is 14.5. The molecule has 2 aliphatic carbocycles. The van der Waals surface area contributed by atoms with E-state index in [9.17, 15) is 5.26 Å². The van der Waals surface area contributed by atoms with Gasteiger partial charge in [0.25, 0.3) is 0 Å². The van der Waals surface area contributed by atoms with E-state index in [2.05, 4.69) is 98.8 Å². The van der Waals surface area contributed by atoms with E-state index in [-0.39, 0.29) is 5.41 Å². The zero-order valence-electron chi connectivity index (χ0n) is 28.2. The fourth-order valence-corrected chi connectivity index (χ4v) is 8.97. The summed E-state index contributed by atoms with van der Waals surface area (Å²) in [5, 5.41) is 9.50. The maximum atomic E-state index is 9.50. The highest BCUT2D eigenvalue weighted by Crippen LogP contribution is 2.55. The van der Waals surface area contributed by atoms with Crippen molar-refractivity contribution in [2.75, 3.05) is 0 Å². The first-order valence-corrected chi connectivity index (χ1v) is 17.6. The average Bonchev–Trinajstić information content (AvgIpc) is 3.14. The molecule has 4 heteroatoms. The van der Waals surface area contributed by atoms with Gasteiger partial charge in [-0.2, -0.15) is 5.26 Å². The van der Waals surface area contributed by atoms with Crippen molar-refractivity contribution in [3.63, 3.8) is 0 Å². The summed E-state index contributed by atoms with van der Waals surface area (Å²) in [7, 11) is 0. The van der Waals surface area contributed by atoms with Crippen LogP contribution in [0.4, 0.5) is 0 Å². The van der Waals surface area contributed by atoms with Gasteiger partial charge >= 0.3 is 0 Å². The van der Waals surface area contributed by atoms with Crippen LogP contribution in [0.1, 0.15) is 57.1 Å². The van der Waals surface area contributed by atoms with Crippen molar-refractivity contribution < 1.29 is 0 Å². The van der Waals surface area contributed by atoms with Gasteiger partial charge in [0.15, 0.2) is 17.5 Å². The van der Waals surface area contributed by atoms with Crippen molar-refractivity contribution in [1.29, 1.82) is 5.26 Å².